The minimum Gasteiger partial charge on any atom is -0.331 e. The van der Waals surface area contributed by atoms with Crippen LogP contribution in [0.1, 0.15) is 24.2 Å². The molecule has 1 heterocycles. The van der Waals surface area contributed by atoms with Gasteiger partial charge in [-0.15, -0.1) is 0 Å². The summed E-state index contributed by atoms with van der Waals surface area (Å²) in [5.41, 5.74) is 2.23. The Morgan fingerprint density at radius 3 is 2.48 bits per heavy atom. The number of benzene rings is 2. The maximum Gasteiger partial charge on any atom is 0.319 e. The molecule has 0 spiro atoms. The lowest BCUT2D eigenvalue weighted by Gasteiger charge is -2.15. The Balaban J connectivity index is 1.82. The van der Waals surface area contributed by atoms with Crippen molar-refractivity contribution in [1.29, 1.82) is 0 Å². The van der Waals surface area contributed by atoms with Crippen molar-refractivity contribution in [2.75, 3.05) is 5.32 Å². The number of nitrogens with one attached hydrogen (secondary N) is 2. The molecule has 1 atom stereocenters. The number of carbonyl (C=O) groups excluding carboxylic acids is 1. The van der Waals surface area contributed by atoms with Crippen molar-refractivity contribution in [3.8, 4) is 5.69 Å². The van der Waals surface area contributed by atoms with E-state index in [1.165, 1.54) is 4.68 Å². The normalized spacial score (nSPS) is 11.9. The van der Waals surface area contributed by atoms with Gasteiger partial charge in [0.15, 0.2) is 0 Å². The molecule has 6 nitrogen and oxygen atoms in total. The van der Waals surface area contributed by atoms with Crippen LogP contribution in [0.2, 0.25) is 5.02 Å². The second-order valence-corrected chi connectivity index (χ2v) is 6.75. The van der Waals surface area contributed by atoms with Gasteiger partial charge < -0.3 is 10.6 Å². The molecule has 2 aromatic carbocycles. The van der Waals surface area contributed by atoms with Crippen LogP contribution in [-0.4, -0.2) is 15.4 Å². The third kappa shape index (κ3) is 3.90. The molecular weight excluding hydrogens is 364 g/mol. The lowest BCUT2D eigenvalue weighted by molar-refractivity contribution is 0.249. The predicted octanol–water partition coefficient (Wildman–Crippen LogP) is 4.02. The number of rotatable bonds is 4. The standard InChI is InChI=1S/C20H21ClN4O2/c1-13(15-8-7-9-16(21)12-15)22-20(27)23-18-14(2)24(3)25(19(18)26)17-10-5-4-6-11-17/h4-13H,1-3H3,(H2,22,23,27)/t13-/m0/s1. The second-order valence-electron chi connectivity index (χ2n) is 6.31. The number of halogens is 1. The van der Waals surface area contributed by atoms with Gasteiger partial charge >= 0.3 is 6.03 Å². The Bertz CT molecular complexity index is 1020. The van der Waals surface area contributed by atoms with E-state index in [1.807, 2.05) is 49.4 Å². The fraction of sp³-hybridized carbons (Fsp3) is 0.200. The molecule has 3 aromatic rings. The summed E-state index contributed by atoms with van der Waals surface area (Å²) in [5, 5.41) is 6.12. The van der Waals surface area contributed by atoms with Gasteiger partial charge in [0, 0.05) is 12.1 Å². The van der Waals surface area contributed by atoms with Crippen LogP contribution in [0.4, 0.5) is 10.5 Å². The second kappa shape index (κ2) is 7.72. The van der Waals surface area contributed by atoms with Gasteiger partial charge in [0.1, 0.15) is 5.69 Å². The summed E-state index contributed by atoms with van der Waals surface area (Å²) in [5.74, 6) is 0. The van der Waals surface area contributed by atoms with Crippen molar-refractivity contribution in [3.05, 3.63) is 81.2 Å². The van der Waals surface area contributed by atoms with Crippen LogP contribution in [0.3, 0.4) is 0 Å². The van der Waals surface area contributed by atoms with Crippen LogP contribution < -0.4 is 16.2 Å². The van der Waals surface area contributed by atoms with Gasteiger partial charge in [-0.2, -0.15) is 0 Å². The molecule has 0 aliphatic rings. The minimum absolute atomic E-state index is 0.247. The van der Waals surface area contributed by atoms with Crippen molar-refractivity contribution in [2.45, 2.75) is 19.9 Å². The molecule has 0 bridgehead atoms. The summed E-state index contributed by atoms with van der Waals surface area (Å²) in [6.07, 6.45) is 0. The van der Waals surface area contributed by atoms with Crippen LogP contribution in [0.15, 0.2) is 59.4 Å². The lowest BCUT2D eigenvalue weighted by atomic mass is 10.1. The molecule has 140 valence electrons. The molecule has 0 radical (unpaired) electrons. The van der Waals surface area contributed by atoms with Crippen molar-refractivity contribution in [2.24, 2.45) is 7.05 Å². The van der Waals surface area contributed by atoms with Crippen molar-refractivity contribution in [1.82, 2.24) is 14.7 Å². The Labute approximate surface area is 162 Å². The molecule has 2 amide bonds. The molecule has 1 aromatic heterocycles. The van der Waals surface area contributed by atoms with Crippen LogP contribution in [0.5, 0.6) is 0 Å². The van der Waals surface area contributed by atoms with Crippen LogP contribution in [-0.2, 0) is 7.05 Å². The SMILES string of the molecule is Cc1c(NC(=O)N[C@@H](C)c2cccc(Cl)c2)c(=O)n(-c2ccccc2)n1C. The Kier molecular flexibility index (Phi) is 5.37. The van der Waals surface area contributed by atoms with E-state index in [-0.39, 0.29) is 17.3 Å². The summed E-state index contributed by atoms with van der Waals surface area (Å²) in [6, 6.07) is 15.8. The first-order valence-electron chi connectivity index (χ1n) is 8.55. The minimum atomic E-state index is -0.450. The highest BCUT2D eigenvalue weighted by molar-refractivity contribution is 6.30. The highest BCUT2D eigenvalue weighted by Gasteiger charge is 2.19. The predicted molar refractivity (Wildman–Crippen MR) is 108 cm³/mol. The number of para-hydroxylation sites is 1. The zero-order chi connectivity index (χ0) is 19.6. The van der Waals surface area contributed by atoms with Crippen LogP contribution in [0, 0.1) is 6.92 Å². The largest absolute Gasteiger partial charge is 0.331 e. The van der Waals surface area contributed by atoms with Crippen molar-refractivity contribution in [3.63, 3.8) is 0 Å². The quantitative estimate of drug-likeness (QED) is 0.713. The molecule has 0 unspecified atom stereocenters. The molecule has 0 aliphatic carbocycles. The van der Waals surface area contributed by atoms with Gasteiger partial charge in [-0.05, 0) is 43.7 Å². The fourth-order valence-corrected chi connectivity index (χ4v) is 3.12. The number of hydrogen-bond acceptors (Lipinski definition) is 2. The summed E-state index contributed by atoms with van der Waals surface area (Å²) in [6.45, 7) is 3.64. The van der Waals surface area contributed by atoms with E-state index in [2.05, 4.69) is 10.6 Å². The third-order valence-corrected chi connectivity index (χ3v) is 4.72. The highest BCUT2D eigenvalue weighted by atomic mass is 35.5. The maximum atomic E-state index is 12.8. The van der Waals surface area contributed by atoms with E-state index in [4.69, 9.17) is 11.6 Å². The smallest absolute Gasteiger partial charge is 0.319 e. The molecule has 7 heteroatoms. The Morgan fingerprint density at radius 2 is 1.81 bits per heavy atom. The molecule has 0 saturated carbocycles. The number of hydrogen-bond donors (Lipinski definition) is 2. The first-order valence-corrected chi connectivity index (χ1v) is 8.93. The average molecular weight is 385 g/mol. The molecular formula is C20H21ClN4O2. The fourth-order valence-electron chi connectivity index (χ4n) is 2.92. The van der Waals surface area contributed by atoms with E-state index in [1.54, 1.807) is 30.8 Å². The van der Waals surface area contributed by atoms with E-state index >= 15 is 0 Å². The van der Waals surface area contributed by atoms with E-state index in [9.17, 15) is 9.59 Å². The number of anilines is 1. The summed E-state index contributed by atoms with van der Waals surface area (Å²) in [4.78, 5) is 25.3. The molecule has 0 aliphatic heterocycles. The van der Waals surface area contributed by atoms with Crippen LogP contribution in [0.25, 0.3) is 5.69 Å². The van der Waals surface area contributed by atoms with Gasteiger partial charge in [-0.25, -0.2) is 9.48 Å². The Morgan fingerprint density at radius 1 is 1.11 bits per heavy atom. The molecule has 2 N–H and O–H groups in total. The zero-order valence-electron chi connectivity index (χ0n) is 15.4. The van der Waals surface area contributed by atoms with Gasteiger partial charge in [0.05, 0.1) is 17.4 Å². The third-order valence-electron chi connectivity index (χ3n) is 4.49. The first kappa shape index (κ1) is 18.8. The van der Waals surface area contributed by atoms with E-state index in [0.29, 0.717) is 10.7 Å². The van der Waals surface area contributed by atoms with Gasteiger partial charge in [0.25, 0.3) is 5.56 Å². The average Bonchev–Trinajstić information content (AvgIpc) is 2.86. The van der Waals surface area contributed by atoms with Crippen LogP contribution >= 0.6 is 11.6 Å². The van der Waals surface area contributed by atoms with Gasteiger partial charge in [0.2, 0.25) is 0 Å². The first-order chi connectivity index (χ1) is 12.9. The number of nitrogens with zero attached hydrogens (tertiary/aromatic N) is 2. The zero-order valence-corrected chi connectivity index (χ0v) is 16.1. The number of urea groups is 1. The summed E-state index contributed by atoms with van der Waals surface area (Å²) in [7, 11) is 1.78. The number of amides is 2. The molecule has 0 saturated heterocycles. The Hall–Kier alpha value is -2.99. The topological polar surface area (TPSA) is 68.1 Å². The van der Waals surface area contributed by atoms with E-state index < -0.39 is 6.03 Å². The highest BCUT2D eigenvalue weighted by Crippen LogP contribution is 2.18. The van der Waals surface area contributed by atoms with Crippen molar-refractivity contribution >= 4 is 23.3 Å². The molecule has 0 fully saturated rings. The maximum absolute atomic E-state index is 12.8. The van der Waals surface area contributed by atoms with E-state index in [0.717, 1.165) is 11.3 Å². The van der Waals surface area contributed by atoms with Gasteiger partial charge in [-0.1, -0.05) is 41.9 Å². The molecule has 3 rings (SSSR count). The number of aromatic nitrogens is 2. The number of carbonyl (C=O) groups is 1. The van der Waals surface area contributed by atoms with Gasteiger partial charge in [-0.3, -0.25) is 9.48 Å². The summed E-state index contributed by atoms with van der Waals surface area (Å²) < 4.78 is 3.24. The monoisotopic (exact) mass is 384 g/mol. The summed E-state index contributed by atoms with van der Waals surface area (Å²) >= 11 is 6.00. The molecule has 27 heavy (non-hydrogen) atoms. The van der Waals surface area contributed by atoms with Crippen molar-refractivity contribution < 1.29 is 4.79 Å². The lowest BCUT2D eigenvalue weighted by Crippen LogP contribution is -2.33.